The van der Waals surface area contributed by atoms with Crippen molar-refractivity contribution >= 4 is 11.8 Å². The van der Waals surface area contributed by atoms with Gasteiger partial charge in [0.25, 0.3) is 0 Å². The van der Waals surface area contributed by atoms with E-state index in [-0.39, 0.29) is 24.8 Å². The summed E-state index contributed by atoms with van der Waals surface area (Å²) in [6.45, 7) is 10.7. The normalized spacial score (nSPS) is 21.7. The molecule has 0 radical (unpaired) electrons. The number of carbonyl (C=O) groups is 2. The van der Waals surface area contributed by atoms with Crippen molar-refractivity contribution in [2.75, 3.05) is 26.2 Å². The van der Waals surface area contributed by atoms with Gasteiger partial charge in [-0.3, -0.25) is 24.4 Å². The Balaban J connectivity index is 1.28. The molecule has 2 aliphatic rings. The quantitative estimate of drug-likeness (QED) is 0.258. The van der Waals surface area contributed by atoms with Crippen LogP contribution in [0.1, 0.15) is 61.2 Å². The molecule has 5 rings (SSSR count). The second kappa shape index (κ2) is 14.9. The number of pyridine rings is 1. The molecule has 0 unspecified atom stereocenters. The van der Waals surface area contributed by atoms with Crippen LogP contribution in [0.4, 0.5) is 0 Å². The molecule has 1 aromatic heterocycles. The van der Waals surface area contributed by atoms with Gasteiger partial charge in [-0.25, -0.2) is 0 Å². The fraction of sp³-hybridized carbons (Fsp3) is 0.486. The third-order valence-electron chi connectivity index (χ3n) is 8.95. The van der Waals surface area contributed by atoms with Gasteiger partial charge >= 0.3 is 0 Å². The number of hydrogen-bond acceptors (Lipinski definition) is 7. The molecule has 0 spiro atoms. The number of aliphatic hydroxyl groups excluding tert-OH is 2. The minimum absolute atomic E-state index is 0.0705. The van der Waals surface area contributed by atoms with Crippen molar-refractivity contribution in [1.29, 1.82) is 0 Å². The fourth-order valence-electron chi connectivity index (χ4n) is 6.67. The maximum absolute atomic E-state index is 13.8. The van der Waals surface area contributed by atoms with Gasteiger partial charge in [-0.1, -0.05) is 60.7 Å². The molecule has 9 heteroatoms. The third kappa shape index (κ3) is 9.00. The van der Waals surface area contributed by atoms with E-state index in [9.17, 15) is 19.8 Å². The molecule has 0 bridgehead atoms. The molecule has 1 fully saturated rings. The Morgan fingerprint density at radius 1 is 1.00 bits per heavy atom. The zero-order valence-electron chi connectivity index (χ0n) is 27.5. The summed E-state index contributed by atoms with van der Waals surface area (Å²) in [5, 5.41) is 28.6. The van der Waals surface area contributed by atoms with Gasteiger partial charge in [0.15, 0.2) is 0 Å². The minimum atomic E-state index is -0.835. The molecule has 246 valence electrons. The van der Waals surface area contributed by atoms with E-state index < -0.39 is 35.7 Å². The van der Waals surface area contributed by atoms with Crippen molar-refractivity contribution < 1.29 is 19.8 Å². The van der Waals surface area contributed by atoms with Gasteiger partial charge in [-0.05, 0) is 68.9 Å². The van der Waals surface area contributed by atoms with Crippen LogP contribution in [-0.4, -0.2) is 86.8 Å². The third-order valence-corrected chi connectivity index (χ3v) is 8.95. The van der Waals surface area contributed by atoms with Crippen LogP contribution >= 0.6 is 0 Å². The topological polar surface area (TPSA) is 118 Å². The first-order chi connectivity index (χ1) is 21.9. The number of nitrogens with one attached hydrogen (secondary N) is 2. The van der Waals surface area contributed by atoms with Crippen molar-refractivity contribution in [1.82, 2.24) is 25.4 Å². The highest BCUT2D eigenvalue weighted by Gasteiger charge is 2.37. The van der Waals surface area contributed by atoms with Crippen molar-refractivity contribution in [2.45, 2.75) is 83.3 Å². The maximum atomic E-state index is 13.8. The van der Waals surface area contributed by atoms with Gasteiger partial charge in [-0.2, -0.15) is 0 Å². The molecule has 2 amide bonds. The van der Waals surface area contributed by atoms with Gasteiger partial charge in [0.2, 0.25) is 11.8 Å². The Labute approximate surface area is 273 Å². The Hall–Kier alpha value is -3.63. The van der Waals surface area contributed by atoms with Crippen LogP contribution in [0.2, 0.25) is 0 Å². The van der Waals surface area contributed by atoms with Crippen molar-refractivity contribution in [3.05, 3.63) is 101 Å². The predicted octanol–water partition coefficient (Wildman–Crippen LogP) is 3.18. The molecular formula is C37H49N5O4. The van der Waals surface area contributed by atoms with Crippen LogP contribution in [0, 0.1) is 12.8 Å². The lowest BCUT2D eigenvalue weighted by atomic mass is 9.91. The lowest BCUT2D eigenvalue weighted by Gasteiger charge is -2.42. The van der Waals surface area contributed by atoms with Crippen molar-refractivity contribution in [3.63, 3.8) is 0 Å². The Morgan fingerprint density at radius 3 is 2.46 bits per heavy atom. The summed E-state index contributed by atoms with van der Waals surface area (Å²) in [5.74, 6) is -0.782. The standard InChI is InChI=1S/C37H49N5O4/c1-25-14-15-27(21-38-25)22-41-16-17-42(32(24-41)36(46)40-37(2,3)4)23-30(43)19-29(18-26-10-6-5-7-11-26)35(45)39-34-31-13-9-8-12-28(31)20-33(34)44/h5-15,21,29-30,32-34,43-44H,16-20,22-24H2,1-4H3,(H,39,45)(H,40,46)/t29-,30+,32+,33-,34+/m1/s1. The SMILES string of the molecule is Cc1ccc(CN2CCN(C[C@@H](O)C[C@@H](Cc3ccccc3)C(=O)N[C@H]3c4ccccc4C[C@H]3O)[C@H](C(=O)NC(C)(C)C)C2)cn1. The second-order valence-electron chi connectivity index (χ2n) is 14.0. The van der Waals surface area contributed by atoms with Gasteiger partial charge in [-0.15, -0.1) is 0 Å². The lowest BCUT2D eigenvalue weighted by Crippen LogP contribution is -2.61. The van der Waals surface area contributed by atoms with Crippen LogP contribution < -0.4 is 10.6 Å². The van der Waals surface area contributed by atoms with Crippen molar-refractivity contribution in [2.24, 2.45) is 5.92 Å². The largest absolute Gasteiger partial charge is 0.392 e. The number of aliphatic hydroxyl groups is 2. The van der Waals surface area contributed by atoms with Gasteiger partial charge in [0, 0.05) is 62.5 Å². The second-order valence-corrected chi connectivity index (χ2v) is 14.0. The van der Waals surface area contributed by atoms with E-state index in [0.717, 1.165) is 34.5 Å². The van der Waals surface area contributed by atoms with Gasteiger partial charge in [0.05, 0.1) is 18.2 Å². The first kappa shape index (κ1) is 33.7. The number of amides is 2. The first-order valence-corrected chi connectivity index (χ1v) is 16.4. The number of benzene rings is 2. The average Bonchev–Trinajstić information content (AvgIpc) is 3.32. The highest BCUT2D eigenvalue weighted by molar-refractivity contribution is 5.83. The first-order valence-electron chi connectivity index (χ1n) is 16.4. The number of rotatable bonds is 11. The number of nitrogens with zero attached hydrogens (tertiary/aromatic N) is 3. The summed E-state index contributed by atoms with van der Waals surface area (Å²) in [7, 11) is 0. The van der Waals surface area contributed by atoms with Crippen molar-refractivity contribution in [3.8, 4) is 0 Å². The van der Waals surface area contributed by atoms with E-state index in [2.05, 4.69) is 31.5 Å². The number of aromatic nitrogens is 1. The molecular weight excluding hydrogens is 578 g/mol. The molecule has 1 aliphatic heterocycles. The minimum Gasteiger partial charge on any atom is -0.392 e. The smallest absolute Gasteiger partial charge is 0.239 e. The van der Waals surface area contributed by atoms with E-state index in [1.165, 1.54) is 0 Å². The molecule has 9 nitrogen and oxygen atoms in total. The van der Waals surface area contributed by atoms with E-state index in [1.54, 1.807) is 0 Å². The molecule has 5 atom stereocenters. The predicted molar refractivity (Wildman–Crippen MR) is 179 cm³/mol. The number of piperazine rings is 1. The molecule has 4 N–H and O–H groups in total. The number of fused-ring (bicyclic) bond motifs is 1. The van der Waals surface area contributed by atoms with Crippen LogP contribution in [0.25, 0.3) is 0 Å². The van der Waals surface area contributed by atoms with E-state index in [0.29, 0.717) is 32.5 Å². The van der Waals surface area contributed by atoms with Crippen LogP contribution in [0.15, 0.2) is 72.9 Å². The molecule has 2 aromatic carbocycles. The van der Waals surface area contributed by atoms with E-state index >= 15 is 0 Å². The highest BCUT2D eigenvalue weighted by Crippen LogP contribution is 2.32. The van der Waals surface area contributed by atoms with Crippen LogP contribution in [0.3, 0.4) is 0 Å². The fourth-order valence-corrected chi connectivity index (χ4v) is 6.67. The monoisotopic (exact) mass is 627 g/mol. The van der Waals surface area contributed by atoms with Crippen LogP contribution in [0.5, 0.6) is 0 Å². The van der Waals surface area contributed by atoms with E-state index in [4.69, 9.17) is 0 Å². The summed E-state index contributed by atoms with van der Waals surface area (Å²) in [5.41, 5.74) is 4.65. The summed E-state index contributed by atoms with van der Waals surface area (Å²) in [6.07, 6.45) is 1.54. The zero-order valence-corrected chi connectivity index (χ0v) is 27.5. The summed E-state index contributed by atoms with van der Waals surface area (Å²) < 4.78 is 0. The Bertz CT molecular complexity index is 1460. The number of carbonyl (C=O) groups excluding carboxylic acids is 2. The lowest BCUT2D eigenvalue weighted by molar-refractivity contribution is -0.132. The van der Waals surface area contributed by atoms with Crippen LogP contribution in [-0.2, 0) is 29.0 Å². The average molecular weight is 628 g/mol. The highest BCUT2D eigenvalue weighted by atomic mass is 16.3. The number of aryl methyl sites for hydroxylation is 1. The maximum Gasteiger partial charge on any atom is 0.239 e. The summed E-state index contributed by atoms with van der Waals surface area (Å²) >= 11 is 0. The molecule has 2 heterocycles. The summed E-state index contributed by atoms with van der Waals surface area (Å²) in [4.78, 5) is 36.2. The molecule has 46 heavy (non-hydrogen) atoms. The van der Waals surface area contributed by atoms with Gasteiger partial charge < -0.3 is 20.8 Å². The number of β-amino-alcohol motifs (C(OH)–C–C–N with tert-alkyl or cyclic N) is 1. The molecule has 3 aromatic rings. The molecule has 0 saturated carbocycles. The van der Waals surface area contributed by atoms with E-state index in [1.807, 2.05) is 94.6 Å². The number of hydrogen-bond donors (Lipinski definition) is 4. The Morgan fingerprint density at radius 2 is 1.74 bits per heavy atom. The van der Waals surface area contributed by atoms with Gasteiger partial charge in [0.1, 0.15) is 6.04 Å². The molecule has 1 saturated heterocycles. The summed E-state index contributed by atoms with van der Waals surface area (Å²) in [6, 6.07) is 20.8. The molecule has 1 aliphatic carbocycles. The zero-order chi connectivity index (χ0) is 32.8. The Kier molecular flexibility index (Phi) is 10.9.